The maximum Gasteiger partial charge on any atom is 0.233 e. The number of hydrogen-bond donors (Lipinski definition) is 0. The number of hydrogen-bond acceptors (Lipinski definition) is 5. The van der Waals surface area contributed by atoms with Gasteiger partial charge in [0.25, 0.3) is 0 Å². The van der Waals surface area contributed by atoms with Crippen LogP contribution in [0.2, 0.25) is 5.02 Å². The third kappa shape index (κ3) is 5.00. The van der Waals surface area contributed by atoms with Crippen molar-refractivity contribution in [1.29, 1.82) is 0 Å². The number of benzene rings is 1. The fraction of sp³-hybridized carbons (Fsp3) is 0.550. The van der Waals surface area contributed by atoms with Gasteiger partial charge in [-0.25, -0.2) is 0 Å². The average Bonchev–Trinajstić information content (AvgIpc) is 3.39. The molecular formula is C20H27ClN4O2S. The fourth-order valence-electron chi connectivity index (χ4n) is 3.28. The molecular weight excluding hydrogens is 396 g/mol. The monoisotopic (exact) mass is 422 g/mol. The number of aromatic nitrogens is 3. The number of rotatable bonds is 9. The zero-order chi connectivity index (χ0) is 20.3. The van der Waals surface area contributed by atoms with E-state index in [-0.39, 0.29) is 18.0 Å². The van der Waals surface area contributed by atoms with Gasteiger partial charge in [0.15, 0.2) is 11.0 Å². The lowest BCUT2D eigenvalue weighted by atomic mass is 10.2. The maximum atomic E-state index is 12.7. The van der Waals surface area contributed by atoms with E-state index in [1.165, 1.54) is 11.8 Å². The van der Waals surface area contributed by atoms with Gasteiger partial charge in [-0.2, -0.15) is 0 Å². The Balaban J connectivity index is 1.68. The predicted octanol–water partition coefficient (Wildman–Crippen LogP) is 4.58. The Kier molecular flexibility index (Phi) is 6.88. The van der Waals surface area contributed by atoms with Gasteiger partial charge in [0.2, 0.25) is 5.91 Å². The molecule has 1 aliphatic carbocycles. The molecule has 1 aromatic heterocycles. The van der Waals surface area contributed by atoms with Crippen LogP contribution in [0, 0.1) is 0 Å². The van der Waals surface area contributed by atoms with Crippen LogP contribution in [-0.4, -0.2) is 43.4 Å². The third-order valence-electron chi connectivity index (χ3n) is 4.57. The van der Waals surface area contributed by atoms with E-state index in [0.717, 1.165) is 23.8 Å². The molecule has 1 saturated carbocycles. The SMILES string of the molecule is CC(C)N(C(=O)CSc1nnc(COc2ccccc2Cl)n1C1CC1)C(C)C. The third-order valence-corrected chi connectivity index (χ3v) is 5.81. The van der Waals surface area contributed by atoms with Gasteiger partial charge in [-0.05, 0) is 52.7 Å². The summed E-state index contributed by atoms with van der Waals surface area (Å²) < 4.78 is 7.96. The van der Waals surface area contributed by atoms with Gasteiger partial charge in [-0.3, -0.25) is 9.36 Å². The minimum Gasteiger partial charge on any atom is -0.484 e. The summed E-state index contributed by atoms with van der Waals surface area (Å²) in [4.78, 5) is 14.6. The number of amides is 1. The Morgan fingerprint density at radius 3 is 2.54 bits per heavy atom. The second-order valence-electron chi connectivity index (χ2n) is 7.50. The van der Waals surface area contributed by atoms with Crippen LogP contribution < -0.4 is 4.74 Å². The molecule has 0 radical (unpaired) electrons. The van der Waals surface area contributed by atoms with Gasteiger partial charge in [0, 0.05) is 18.1 Å². The first-order valence-corrected chi connectivity index (χ1v) is 11.0. The molecule has 0 atom stereocenters. The second kappa shape index (κ2) is 9.18. The molecule has 0 saturated heterocycles. The summed E-state index contributed by atoms with van der Waals surface area (Å²) in [5.41, 5.74) is 0. The molecule has 8 heteroatoms. The minimum atomic E-state index is 0.120. The highest BCUT2D eigenvalue weighted by atomic mass is 35.5. The number of carbonyl (C=O) groups is 1. The van der Waals surface area contributed by atoms with E-state index in [1.54, 1.807) is 6.07 Å². The average molecular weight is 423 g/mol. The number of thioether (sulfide) groups is 1. The Bertz CT molecular complexity index is 812. The topological polar surface area (TPSA) is 60.3 Å². The Hall–Kier alpha value is -1.73. The van der Waals surface area contributed by atoms with Crippen molar-refractivity contribution in [2.24, 2.45) is 0 Å². The molecule has 0 N–H and O–H groups in total. The van der Waals surface area contributed by atoms with Crippen molar-refractivity contribution < 1.29 is 9.53 Å². The van der Waals surface area contributed by atoms with Crippen LogP contribution in [0.15, 0.2) is 29.4 Å². The molecule has 1 amide bonds. The highest BCUT2D eigenvalue weighted by Crippen LogP contribution is 2.39. The number of carbonyl (C=O) groups excluding carboxylic acids is 1. The van der Waals surface area contributed by atoms with E-state index in [0.29, 0.717) is 29.2 Å². The van der Waals surface area contributed by atoms with Crippen molar-refractivity contribution in [1.82, 2.24) is 19.7 Å². The lowest BCUT2D eigenvalue weighted by Crippen LogP contribution is -2.43. The van der Waals surface area contributed by atoms with E-state index in [9.17, 15) is 4.79 Å². The van der Waals surface area contributed by atoms with Crippen molar-refractivity contribution in [3.8, 4) is 5.75 Å². The highest BCUT2D eigenvalue weighted by molar-refractivity contribution is 7.99. The molecule has 3 rings (SSSR count). The quantitative estimate of drug-likeness (QED) is 0.553. The Morgan fingerprint density at radius 1 is 1.25 bits per heavy atom. The van der Waals surface area contributed by atoms with E-state index >= 15 is 0 Å². The first-order chi connectivity index (χ1) is 13.4. The van der Waals surface area contributed by atoms with Gasteiger partial charge in [-0.15, -0.1) is 10.2 Å². The first kappa shape index (κ1) is 21.0. The Labute approximate surface area is 175 Å². The van der Waals surface area contributed by atoms with Crippen LogP contribution in [0.5, 0.6) is 5.75 Å². The lowest BCUT2D eigenvalue weighted by Gasteiger charge is -2.30. The summed E-state index contributed by atoms with van der Waals surface area (Å²) in [6, 6.07) is 8.12. The molecule has 152 valence electrons. The molecule has 1 aliphatic rings. The molecule has 0 bridgehead atoms. The van der Waals surface area contributed by atoms with Gasteiger partial charge in [0.1, 0.15) is 12.4 Å². The summed E-state index contributed by atoms with van der Waals surface area (Å²) in [6.07, 6.45) is 2.20. The highest BCUT2D eigenvalue weighted by Gasteiger charge is 2.30. The largest absolute Gasteiger partial charge is 0.484 e. The van der Waals surface area contributed by atoms with Crippen LogP contribution in [0.3, 0.4) is 0 Å². The fourth-order valence-corrected chi connectivity index (χ4v) is 4.36. The van der Waals surface area contributed by atoms with Crippen LogP contribution in [0.4, 0.5) is 0 Å². The molecule has 0 aliphatic heterocycles. The number of nitrogens with zero attached hydrogens (tertiary/aromatic N) is 4. The van der Waals surface area contributed by atoms with E-state index in [2.05, 4.69) is 14.8 Å². The molecule has 0 spiro atoms. The molecule has 1 aromatic carbocycles. The van der Waals surface area contributed by atoms with E-state index in [1.807, 2.05) is 50.8 Å². The minimum absolute atomic E-state index is 0.120. The number of halogens is 1. The van der Waals surface area contributed by atoms with Gasteiger partial charge in [0.05, 0.1) is 10.8 Å². The zero-order valence-electron chi connectivity index (χ0n) is 16.8. The van der Waals surface area contributed by atoms with Crippen molar-refractivity contribution in [3.05, 3.63) is 35.1 Å². The molecule has 1 fully saturated rings. The zero-order valence-corrected chi connectivity index (χ0v) is 18.3. The standard InChI is InChI=1S/C20H27ClN4O2S/c1-13(2)24(14(3)4)19(26)12-28-20-23-22-18(25(20)15-9-10-15)11-27-17-8-6-5-7-16(17)21/h5-8,13-15H,9-12H2,1-4H3. The molecule has 6 nitrogen and oxygen atoms in total. The normalized spacial score (nSPS) is 14.0. The van der Waals surface area contributed by atoms with Gasteiger partial charge >= 0.3 is 0 Å². The lowest BCUT2D eigenvalue weighted by molar-refractivity contribution is -0.131. The van der Waals surface area contributed by atoms with Crippen molar-refractivity contribution in [2.75, 3.05) is 5.75 Å². The van der Waals surface area contributed by atoms with Crippen molar-refractivity contribution >= 4 is 29.3 Å². The molecule has 1 heterocycles. The Morgan fingerprint density at radius 2 is 1.93 bits per heavy atom. The van der Waals surface area contributed by atoms with Gasteiger partial charge in [-0.1, -0.05) is 35.5 Å². The first-order valence-electron chi connectivity index (χ1n) is 9.63. The molecule has 28 heavy (non-hydrogen) atoms. The second-order valence-corrected chi connectivity index (χ2v) is 8.85. The smallest absolute Gasteiger partial charge is 0.233 e. The van der Waals surface area contributed by atoms with Crippen LogP contribution in [0.1, 0.15) is 52.4 Å². The maximum absolute atomic E-state index is 12.7. The summed E-state index contributed by atoms with van der Waals surface area (Å²) in [5.74, 6) is 1.87. The van der Waals surface area contributed by atoms with Crippen molar-refractivity contribution in [3.63, 3.8) is 0 Å². The molecule has 2 aromatic rings. The summed E-state index contributed by atoms with van der Waals surface area (Å²) >= 11 is 7.61. The van der Waals surface area contributed by atoms with E-state index in [4.69, 9.17) is 16.3 Å². The summed E-state index contributed by atoms with van der Waals surface area (Å²) in [5, 5.41) is 9.99. The van der Waals surface area contributed by atoms with E-state index < -0.39 is 0 Å². The van der Waals surface area contributed by atoms with Crippen LogP contribution in [-0.2, 0) is 11.4 Å². The predicted molar refractivity (Wildman–Crippen MR) is 112 cm³/mol. The summed E-state index contributed by atoms with van der Waals surface area (Å²) in [6.45, 7) is 8.46. The number of ether oxygens (including phenoxy) is 1. The van der Waals surface area contributed by atoms with Crippen LogP contribution >= 0.6 is 23.4 Å². The molecule has 0 unspecified atom stereocenters. The van der Waals surface area contributed by atoms with Gasteiger partial charge < -0.3 is 9.64 Å². The van der Waals surface area contributed by atoms with Crippen LogP contribution in [0.25, 0.3) is 0 Å². The summed E-state index contributed by atoms with van der Waals surface area (Å²) in [7, 11) is 0. The van der Waals surface area contributed by atoms with Crippen molar-refractivity contribution in [2.45, 2.75) is 70.4 Å². The number of para-hydroxylation sites is 1.